The third-order valence-corrected chi connectivity index (χ3v) is 2.97. The zero-order valence-electron chi connectivity index (χ0n) is 11.0. The van der Waals surface area contributed by atoms with Crippen molar-refractivity contribution in [3.8, 4) is 0 Å². The first-order chi connectivity index (χ1) is 10.1. The molecule has 0 bridgehead atoms. The molecule has 3 nitrogen and oxygen atoms in total. The predicted molar refractivity (Wildman–Crippen MR) is 78.1 cm³/mol. The van der Waals surface area contributed by atoms with Crippen LogP contribution in [0.2, 0.25) is 5.02 Å². The molecular weight excluding hydrogens is 298 g/mol. The van der Waals surface area contributed by atoms with Gasteiger partial charge in [-0.1, -0.05) is 29.8 Å². The van der Waals surface area contributed by atoms with Gasteiger partial charge in [0.05, 0.1) is 6.54 Å². The van der Waals surface area contributed by atoms with Crippen LogP contribution in [0.1, 0.15) is 5.56 Å². The van der Waals surface area contributed by atoms with Crippen molar-refractivity contribution in [1.29, 1.82) is 0 Å². The maximum atomic E-state index is 13.4. The van der Waals surface area contributed by atoms with Crippen molar-refractivity contribution in [2.45, 2.75) is 6.54 Å². The van der Waals surface area contributed by atoms with Crippen LogP contribution < -0.4 is 10.6 Å². The largest absolute Gasteiger partial charge is 0.320 e. The molecule has 2 N–H and O–H groups in total. The molecule has 2 aromatic rings. The molecule has 0 aliphatic carbocycles. The summed E-state index contributed by atoms with van der Waals surface area (Å²) >= 11 is 5.84. The average Bonchev–Trinajstić information content (AvgIpc) is 2.43. The number of benzene rings is 2. The molecule has 0 fully saturated rings. The van der Waals surface area contributed by atoms with E-state index in [1.807, 2.05) is 6.07 Å². The molecule has 0 aromatic heterocycles. The van der Waals surface area contributed by atoms with E-state index >= 15 is 0 Å². The molecule has 2 aromatic carbocycles. The van der Waals surface area contributed by atoms with Crippen molar-refractivity contribution in [3.05, 3.63) is 64.7 Å². The monoisotopic (exact) mass is 310 g/mol. The number of halogens is 3. The topological polar surface area (TPSA) is 41.1 Å². The first-order valence-corrected chi connectivity index (χ1v) is 6.63. The third kappa shape index (κ3) is 4.51. The molecule has 21 heavy (non-hydrogen) atoms. The highest BCUT2D eigenvalue weighted by Gasteiger charge is 2.11. The highest BCUT2D eigenvalue weighted by atomic mass is 35.5. The van der Waals surface area contributed by atoms with Gasteiger partial charge >= 0.3 is 0 Å². The van der Waals surface area contributed by atoms with E-state index in [-0.39, 0.29) is 6.54 Å². The van der Waals surface area contributed by atoms with Gasteiger partial charge in [-0.25, -0.2) is 8.78 Å². The summed E-state index contributed by atoms with van der Waals surface area (Å²) in [6.45, 7) is 0.355. The van der Waals surface area contributed by atoms with Crippen LogP contribution in [0, 0.1) is 11.6 Å². The zero-order chi connectivity index (χ0) is 15.2. The van der Waals surface area contributed by atoms with E-state index in [4.69, 9.17) is 11.6 Å². The zero-order valence-corrected chi connectivity index (χ0v) is 11.8. The summed E-state index contributed by atoms with van der Waals surface area (Å²) in [5, 5.41) is 5.67. The maximum absolute atomic E-state index is 13.4. The molecule has 1 amide bonds. The lowest BCUT2D eigenvalue weighted by atomic mass is 10.2. The number of hydrogen-bond donors (Lipinski definition) is 2. The molecule has 0 heterocycles. The van der Waals surface area contributed by atoms with Crippen LogP contribution in [-0.4, -0.2) is 12.5 Å². The van der Waals surface area contributed by atoms with E-state index in [1.54, 1.807) is 18.2 Å². The Bertz CT molecular complexity index is 629. The highest BCUT2D eigenvalue weighted by Crippen LogP contribution is 2.17. The van der Waals surface area contributed by atoms with E-state index in [0.29, 0.717) is 11.6 Å². The van der Waals surface area contributed by atoms with Gasteiger partial charge in [0.15, 0.2) is 0 Å². The van der Waals surface area contributed by atoms with E-state index in [2.05, 4.69) is 10.6 Å². The standard InChI is InChI=1S/C15H13ClF2N2O/c16-11-4-1-3-10(7-11)8-19-9-14(21)20-15-12(17)5-2-6-13(15)18/h1-7,19H,8-9H2,(H,20,21). The molecule has 0 unspecified atom stereocenters. The summed E-state index contributed by atoms with van der Waals surface area (Å²) in [6, 6.07) is 10.6. The molecule has 0 aliphatic rings. The Hall–Kier alpha value is -1.98. The van der Waals surface area contributed by atoms with Crippen molar-refractivity contribution in [3.63, 3.8) is 0 Å². The van der Waals surface area contributed by atoms with Gasteiger partial charge in [-0.3, -0.25) is 4.79 Å². The first kappa shape index (κ1) is 15.4. The molecule has 0 saturated carbocycles. The third-order valence-electron chi connectivity index (χ3n) is 2.73. The van der Waals surface area contributed by atoms with Gasteiger partial charge in [0, 0.05) is 11.6 Å². The van der Waals surface area contributed by atoms with Crippen LogP contribution in [0.25, 0.3) is 0 Å². The van der Waals surface area contributed by atoms with Crippen molar-refractivity contribution < 1.29 is 13.6 Å². The van der Waals surface area contributed by atoms with Gasteiger partial charge in [-0.2, -0.15) is 0 Å². The molecule has 0 saturated heterocycles. The lowest BCUT2D eigenvalue weighted by Gasteiger charge is -2.08. The number of amides is 1. The van der Waals surface area contributed by atoms with Crippen molar-refractivity contribution in [1.82, 2.24) is 5.32 Å². The minimum Gasteiger partial charge on any atom is -0.320 e. The lowest BCUT2D eigenvalue weighted by Crippen LogP contribution is -2.28. The first-order valence-electron chi connectivity index (χ1n) is 6.25. The van der Waals surface area contributed by atoms with Gasteiger partial charge in [0.2, 0.25) is 5.91 Å². The number of rotatable bonds is 5. The van der Waals surface area contributed by atoms with Crippen molar-refractivity contribution in [2.75, 3.05) is 11.9 Å². The molecule has 0 aliphatic heterocycles. The molecule has 110 valence electrons. The number of carbonyl (C=O) groups excluding carboxylic acids is 1. The number of carbonyl (C=O) groups is 1. The van der Waals surface area contributed by atoms with Gasteiger partial charge in [0.1, 0.15) is 17.3 Å². The minimum absolute atomic E-state index is 0.0692. The van der Waals surface area contributed by atoms with Gasteiger partial charge in [0.25, 0.3) is 0 Å². The molecule has 0 spiro atoms. The number of nitrogens with one attached hydrogen (secondary N) is 2. The molecule has 2 rings (SSSR count). The van der Waals surface area contributed by atoms with Crippen molar-refractivity contribution in [2.24, 2.45) is 0 Å². The van der Waals surface area contributed by atoms with Crippen LogP contribution in [0.4, 0.5) is 14.5 Å². The van der Waals surface area contributed by atoms with Gasteiger partial charge in [-0.05, 0) is 29.8 Å². The van der Waals surface area contributed by atoms with E-state index in [1.165, 1.54) is 6.07 Å². The van der Waals surface area contributed by atoms with Crippen molar-refractivity contribution >= 4 is 23.2 Å². The normalized spacial score (nSPS) is 10.4. The lowest BCUT2D eigenvalue weighted by molar-refractivity contribution is -0.115. The minimum atomic E-state index is -0.807. The Balaban J connectivity index is 1.85. The summed E-state index contributed by atoms with van der Waals surface area (Å²) in [7, 11) is 0. The van der Waals surface area contributed by atoms with Crippen LogP contribution in [0.3, 0.4) is 0 Å². The second-order valence-electron chi connectivity index (χ2n) is 4.38. The van der Waals surface area contributed by atoms with E-state index in [0.717, 1.165) is 17.7 Å². The summed E-state index contributed by atoms with van der Waals surface area (Å²) < 4.78 is 26.7. The van der Waals surface area contributed by atoms with Crippen LogP contribution in [0.5, 0.6) is 0 Å². The maximum Gasteiger partial charge on any atom is 0.238 e. The Labute approximate surface area is 125 Å². The molecular formula is C15H13ClF2N2O. The molecule has 6 heteroatoms. The number of anilines is 1. The summed E-state index contributed by atoms with van der Waals surface area (Å²) in [5.74, 6) is -2.14. The second kappa shape index (κ2) is 7.15. The number of para-hydroxylation sites is 1. The predicted octanol–water partition coefficient (Wildman–Crippen LogP) is 3.35. The summed E-state index contributed by atoms with van der Waals surface area (Å²) in [4.78, 5) is 11.6. The Morgan fingerprint density at radius 3 is 2.43 bits per heavy atom. The Morgan fingerprint density at radius 2 is 1.76 bits per heavy atom. The smallest absolute Gasteiger partial charge is 0.238 e. The van der Waals surface area contributed by atoms with E-state index in [9.17, 15) is 13.6 Å². The fourth-order valence-corrected chi connectivity index (χ4v) is 1.98. The van der Waals surface area contributed by atoms with E-state index < -0.39 is 23.2 Å². The highest BCUT2D eigenvalue weighted by molar-refractivity contribution is 6.30. The fraction of sp³-hybridized carbons (Fsp3) is 0.133. The van der Waals surface area contributed by atoms with Crippen LogP contribution in [-0.2, 0) is 11.3 Å². The van der Waals surface area contributed by atoms with Crippen LogP contribution in [0.15, 0.2) is 42.5 Å². The Kier molecular flexibility index (Phi) is 5.25. The fourth-order valence-electron chi connectivity index (χ4n) is 1.77. The molecule has 0 atom stereocenters. The van der Waals surface area contributed by atoms with Gasteiger partial charge < -0.3 is 10.6 Å². The molecule has 0 radical (unpaired) electrons. The number of hydrogen-bond acceptors (Lipinski definition) is 2. The van der Waals surface area contributed by atoms with Gasteiger partial charge in [-0.15, -0.1) is 0 Å². The summed E-state index contributed by atoms with van der Waals surface area (Å²) in [6.07, 6.45) is 0. The second-order valence-corrected chi connectivity index (χ2v) is 4.81. The van der Waals surface area contributed by atoms with Crippen LogP contribution >= 0.6 is 11.6 Å². The quantitative estimate of drug-likeness (QED) is 0.889. The Morgan fingerprint density at radius 1 is 1.10 bits per heavy atom. The summed E-state index contributed by atoms with van der Waals surface area (Å²) in [5.41, 5.74) is 0.472. The SMILES string of the molecule is O=C(CNCc1cccc(Cl)c1)Nc1c(F)cccc1F. The average molecular weight is 311 g/mol.